The fourth-order valence-electron chi connectivity index (χ4n) is 1.39. The summed E-state index contributed by atoms with van der Waals surface area (Å²) in [5.41, 5.74) is 2.30. The van der Waals surface area contributed by atoms with Crippen molar-refractivity contribution in [2.24, 2.45) is 0 Å². The Morgan fingerprint density at radius 2 is 2.25 bits per heavy atom. The van der Waals surface area contributed by atoms with Crippen molar-refractivity contribution in [3.8, 4) is 0 Å². The van der Waals surface area contributed by atoms with Crippen molar-refractivity contribution in [3.63, 3.8) is 0 Å². The van der Waals surface area contributed by atoms with Crippen LogP contribution < -0.4 is 5.32 Å². The molecule has 0 amide bonds. The van der Waals surface area contributed by atoms with E-state index in [9.17, 15) is 0 Å². The first-order valence-corrected chi connectivity index (χ1v) is 4.73. The molecule has 0 aromatic carbocycles. The Morgan fingerprint density at radius 1 is 1.50 bits per heavy atom. The van der Waals surface area contributed by atoms with Crippen LogP contribution in [0, 0.1) is 13.8 Å². The van der Waals surface area contributed by atoms with Gasteiger partial charge in [0.1, 0.15) is 5.82 Å². The Hall–Kier alpha value is -1.03. The lowest BCUT2D eigenvalue weighted by atomic mass is 10.4. The lowest BCUT2D eigenvalue weighted by molar-refractivity contribution is 1.12. The smallest absolute Gasteiger partial charge is 0.195 e. The highest BCUT2D eigenvalue weighted by atomic mass is 32.1. The molecule has 4 heteroatoms. The van der Waals surface area contributed by atoms with Gasteiger partial charge in [-0.3, -0.25) is 4.40 Å². The van der Waals surface area contributed by atoms with Crippen LogP contribution >= 0.6 is 11.3 Å². The number of hydrogen-bond acceptors (Lipinski definition) is 3. The summed E-state index contributed by atoms with van der Waals surface area (Å²) in [5, 5.41) is 5.27. The maximum Gasteiger partial charge on any atom is 0.195 e. The SMILES string of the molecule is CNc1c(C)nc2scc(C)n12. The molecule has 0 radical (unpaired) electrons. The molecule has 1 N–H and O–H groups in total. The summed E-state index contributed by atoms with van der Waals surface area (Å²) in [7, 11) is 1.92. The van der Waals surface area contributed by atoms with E-state index < -0.39 is 0 Å². The van der Waals surface area contributed by atoms with Gasteiger partial charge in [0.05, 0.1) is 5.69 Å². The van der Waals surface area contributed by atoms with Crippen molar-refractivity contribution in [1.82, 2.24) is 9.38 Å². The van der Waals surface area contributed by atoms with Crippen LogP contribution in [-0.4, -0.2) is 16.4 Å². The van der Waals surface area contributed by atoms with Gasteiger partial charge in [0.15, 0.2) is 4.96 Å². The van der Waals surface area contributed by atoms with Crippen molar-refractivity contribution in [1.29, 1.82) is 0 Å². The maximum absolute atomic E-state index is 4.42. The maximum atomic E-state index is 4.42. The Bertz CT molecular complexity index is 413. The van der Waals surface area contributed by atoms with E-state index >= 15 is 0 Å². The molecule has 0 spiro atoms. The second-order valence-electron chi connectivity index (χ2n) is 2.79. The van der Waals surface area contributed by atoms with Gasteiger partial charge in [0.25, 0.3) is 0 Å². The number of imidazole rings is 1. The van der Waals surface area contributed by atoms with Gasteiger partial charge in [-0.2, -0.15) is 0 Å². The molecule has 64 valence electrons. The van der Waals surface area contributed by atoms with E-state index in [2.05, 4.69) is 27.0 Å². The van der Waals surface area contributed by atoms with Gasteiger partial charge in [-0.25, -0.2) is 4.98 Å². The van der Waals surface area contributed by atoms with Crippen LogP contribution in [0.3, 0.4) is 0 Å². The molecule has 0 fully saturated rings. The predicted molar refractivity (Wildman–Crippen MR) is 52.1 cm³/mol. The normalized spacial score (nSPS) is 10.9. The molecule has 2 heterocycles. The molecule has 3 nitrogen and oxygen atoms in total. The van der Waals surface area contributed by atoms with E-state index in [1.165, 1.54) is 5.69 Å². The Labute approximate surface area is 75.1 Å². The molecule has 0 unspecified atom stereocenters. The second-order valence-corrected chi connectivity index (χ2v) is 3.63. The second kappa shape index (κ2) is 2.48. The summed E-state index contributed by atoms with van der Waals surface area (Å²) >= 11 is 1.68. The Kier molecular flexibility index (Phi) is 1.58. The quantitative estimate of drug-likeness (QED) is 0.729. The van der Waals surface area contributed by atoms with Gasteiger partial charge in [0, 0.05) is 18.1 Å². The minimum absolute atomic E-state index is 1.06. The van der Waals surface area contributed by atoms with Crippen molar-refractivity contribution in [2.75, 3.05) is 12.4 Å². The van der Waals surface area contributed by atoms with Crippen LogP contribution in [0.15, 0.2) is 5.38 Å². The highest BCUT2D eigenvalue weighted by molar-refractivity contribution is 7.15. The summed E-state index contributed by atoms with van der Waals surface area (Å²) in [6.07, 6.45) is 0. The van der Waals surface area contributed by atoms with Crippen LogP contribution in [0.5, 0.6) is 0 Å². The fraction of sp³-hybridized carbons (Fsp3) is 0.375. The molecule has 0 aliphatic carbocycles. The molecule has 2 rings (SSSR count). The van der Waals surface area contributed by atoms with Crippen LogP contribution in [0.25, 0.3) is 4.96 Å². The number of fused-ring (bicyclic) bond motifs is 1. The van der Waals surface area contributed by atoms with Crippen LogP contribution in [0.2, 0.25) is 0 Å². The lowest BCUT2D eigenvalue weighted by Crippen LogP contribution is -1.95. The molecule has 0 aliphatic heterocycles. The monoisotopic (exact) mass is 181 g/mol. The number of aryl methyl sites for hydroxylation is 2. The van der Waals surface area contributed by atoms with Crippen LogP contribution in [0.1, 0.15) is 11.4 Å². The number of anilines is 1. The minimum atomic E-state index is 1.06. The van der Waals surface area contributed by atoms with Gasteiger partial charge < -0.3 is 5.32 Å². The van der Waals surface area contributed by atoms with Crippen LogP contribution in [-0.2, 0) is 0 Å². The first-order valence-electron chi connectivity index (χ1n) is 3.85. The predicted octanol–water partition coefficient (Wildman–Crippen LogP) is 2.05. The third-order valence-electron chi connectivity index (χ3n) is 1.95. The third-order valence-corrected chi connectivity index (χ3v) is 2.89. The highest BCUT2D eigenvalue weighted by Gasteiger charge is 2.09. The Balaban J connectivity index is 2.84. The number of rotatable bonds is 1. The molecule has 0 saturated heterocycles. The summed E-state index contributed by atoms with van der Waals surface area (Å²) < 4.78 is 2.14. The van der Waals surface area contributed by atoms with Crippen molar-refractivity contribution >= 4 is 22.1 Å². The first-order chi connectivity index (χ1) is 5.74. The molecule has 0 bridgehead atoms. The van der Waals surface area contributed by atoms with E-state index in [-0.39, 0.29) is 0 Å². The molecule has 0 saturated carbocycles. The van der Waals surface area contributed by atoms with E-state index in [0.29, 0.717) is 0 Å². The van der Waals surface area contributed by atoms with E-state index in [1.807, 2.05) is 14.0 Å². The van der Waals surface area contributed by atoms with Crippen LogP contribution in [0.4, 0.5) is 5.82 Å². The lowest BCUT2D eigenvalue weighted by Gasteiger charge is -1.99. The molecule has 2 aromatic rings. The number of aromatic nitrogens is 2. The van der Waals surface area contributed by atoms with Gasteiger partial charge in [-0.1, -0.05) is 0 Å². The minimum Gasteiger partial charge on any atom is -0.373 e. The average molecular weight is 181 g/mol. The average Bonchev–Trinajstić information content (AvgIpc) is 2.52. The number of nitrogens with zero attached hydrogens (tertiary/aromatic N) is 2. The number of thiazole rings is 1. The molecule has 0 atom stereocenters. The first kappa shape index (κ1) is 7.61. The number of hydrogen-bond donors (Lipinski definition) is 1. The summed E-state index contributed by atoms with van der Waals surface area (Å²) in [4.78, 5) is 5.49. The summed E-state index contributed by atoms with van der Waals surface area (Å²) in [5.74, 6) is 1.10. The molecule has 12 heavy (non-hydrogen) atoms. The van der Waals surface area contributed by atoms with Gasteiger partial charge in [-0.05, 0) is 13.8 Å². The summed E-state index contributed by atoms with van der Waals surface area (Å²) in [6, 6.07) is 0. The Morgan fingerprint density at radius 3 is 2.92 bits per heavy atom. The summed E-state index contributed by atoms with van der Waals surface area (Å²) in [6.45, 7) is 4.11. The van der Waals surface area contributed by atoms with E-state index in [4.69, 9.17) is 0 Å². The fourth-order valence-corrected chi connectivity index (χ4v) is 2.31. The largest absolute Gasteiger partial charge is 0.373 e. The van der Waals surface area contributed by atoms with Gasteiger partial charge >= 0.3 is 0 Å². The van der Waals surface area contributed by atoms with Crippen molar-refractivity contribution in [3.05, 3.63) is 16.8 Å². The van der Waals surface area contributed by atoms with E-state index in [1.54, 1.807) is 11.3 Å². The third kappa shape index (κ3) is 0.845. The van der Waals surface area contributed by atoms with Crippen molar-refractivity contribution in [2.45, 2.75) is 13.8 Å². The van der Waals surface area contributed by atoms with Gasteiger partial charge in [-0.15, -0.1) is 11.3 Å². The van der Waals surface area contributed by atoms with E-state index in [0.717, 1.165) is 16.5 Å². The zero-order valence-electron chi connectivity index (χ0n) is 7.38. The zero-order chi connectivity index (χ0) is 8.72. The zero-order valence-corrected chi connectivity index (χ0v) is 8.20. The standard InChI is InChI=1S/C8H11N3S/c1-5-4-12-8-10-6(2)7(9-3)11(5)8/h4,9H,1-3H3. The van der Waals surface area contributed by atoms with Crippen molar-refractivity contribution < 1.29 is 0 Å². The highest BCUT2D eigenvalue weighted by Crippen LogP contribution is 2.23. The topological polar surface area (TPSA) is 29.3 Å². The molecular formula is C8H11N3S. The molecular weight excluding hydrogens is 170 g/mol. The number of nitrogens with one attached hydrogen (secondary N) is 1. The molecule has 2 aromatic heterocycles. The van der Waals surface area contributed by atoms with Gasteiger partial charge in [0.2, 0.25) is 0 Å². The molecule has 0 aliphatic rings.